The molecule has 0 saturated carbocycles. The smallest absolute Gasteiger partial charge is 0.303 e. The predicted molar refractivity (Wildman–Crippen MR) is 104 cm³/mol. The standard InChI is InChI=1S/C21H25N3O4/c1-24(14-15-9-13-22-17-5-3-2-4-16(15)17)19(26)7-11-21(12-8-20(27)28)10-6-18(25)23-21/h2-5,9,13H,6-8,10-12,14H2,1H3,(H,23,25)(H,27,28). The molecule has 1 saturated heterocycles. The van der Waals surface area contributed by atoms with Crippen molar-refractivity contribution in [2.24, 2.45) is 0 Å². The van der Waals surface area contributed by atoms with Crippen molar-refractivity contribution in [2.45, 2.75) is 50.6 Å². The first kappa shape index (κ1) is 19.8. The number of para-hydroxylation sites is 1. The number of carboxylic acid groups (broad SMARTS) is 1. The van der Waals surface area contributed by atoms with Crippen molar-refractivity contribution in [1.29, 1.82) is 0 Å². The number of pyridine rings is 1. The highest BCUT2D eigenvalue weighted by Gasteiger charge is 2.38. The number of hydrogen-bond donors (Lipinski definition) is 2. The lowest BCUT2D eigenvalue weighted by atomic mass is 9.86. The predicted octanol–water partition coefficient (Wildman–Crippen LogP) is 2.49. The zero-order chi connectivity index (χ0) is 20.1. The molecule has 0 bridgehead atoms. The molecule has 148 valence electrons. The van der Waals surface area contributed by atoms with E-state index in [1.54, 1.807) is 18.1 Å². The van der Waals surface area contributed by atoms with Gasteiger partial charge in [-0.25, -0.2) is 0 Å². The maximum absolute atomic E-state index is 12.7. The molecule has 1 aromatic heterocycles. The minimum Gasteiger partial charge on any atom is -0.481 e. The Morgan fingerprint density at radius 1 is 1.21 bits per heavy atom. The van der Waals surface area contributed by atoms with Crippen LogP contribution in [0.5, 0.6) is 0 Å². The lowest BCUT2D eigenvalue weighted by Crippen LogP contribution is -2.43. The van der Waals surface area contributed by atoms with Crippen LogP contribution >= 0.6 is 0 Å². The Hall–Kier alpha value is -2.96. The van der Waals surface area contributed by atoms with Crippen molar-refractivity contribution in [3.05, 3.63) is 42.1 Å². The van der Waals surface area contributed by atoms with Crippen LogP contribution in [0.15, 0.2) is 36.5 Å². The van der Waals surface area contributed by atoms with Gasteiger partial charge in [0, 0.05) is 50.0 Å². The number of amides is 2. The van der Waals surface area contributed by atoms with Crippen LogP contribution < -0.4 is 5.32 Å². The van der Waals surface area contributed by atoms with Gasteiger partial charge in [0.15, 0.2) is 0 Å². The third-order valence-corrected chi connectivity index (χ3v) is 5.44. The van der Waals surface area contributed by atoms with Crippen LogP contribution in [0.1, 0.15) is 44.1 Å². The molecule has 7 nitrogen and oxygen atoms in total. The van der Waals surface area contributed by atoms with Crippen molar-refractivity contribution < 1.29 is 19.5 Å². The average molecular weight is 383 g/mol. The van der Waals surface area contributed by atoms with E-state index >= 15 is 0 Å². The fourth-order valence-electron chi connectivity index (χ4n) is 3.79. The summed E-state index contributed by atoms with van der Waals surface area (Å²) in [6.45, 7) is 0.469. The zero-order valence-electron chi connectivity index (χ0n) is 16.0. The molecule has 7 heteroatoms. The van der Waals surface area contributed by atoms with E-state index in [4.69, 9.17) is 5.11 Å². The molecule has 1 atom stereocenters. The summed E-state index contributed by atoms with van der Waals surface area (Å²) >= 11 is 0. The third-order valence-electron chi connectivity index (χ3n) is 5.44. The number of aromatic nitrogens is 1. The van der Waals surface area contributed by atoms with E-state index in [1.165, 1.54) is 0 Å². The largest absolute Gasteiger partial charge is 0.481 e. The molecule has 1 aliphatic rings. The summed E-state index contributed by atoms with van der Waals surface area (Å²) in [5, 5.41) is 12.9. The van der Waals surface area contributed by atoms with Crippen molar-refractivity contribution in [1.82, 2.24) is 15.2 Å². The van der Waals surface area contributed by atoms with Gasteiger partial charge in [0.05, 0.1) is 5.52 Å². The molecule has 0 spiro atoms. The second kappa shape index (κ2) is 8.37. The highest BCUT2D eigenvalue weighted by atomic mass is 16.4. The molecule has 1 fully saturated rings. The molecule has 2 heterocycles. The number of hydrogen-bond acceptors (Lipinski definition) is 4. The van der Waals surface area contributed by atoms with Gasteiger partial charge in [-0.05, 0) is 37.0 Å². The van der Waals surface area contributed by atoms with Gasteiger partial charge in [-0.3, -0.25) is 19.4 Å². The number of nitrogens with zero attached hydrogens (tertiary/aromatic N) is 2. The summed E-state index contributed by atoms with van der Waals surface area (Å²) in [4.78, 5) is 41.3. The highest BCUT2D eigenvalue weighted by molar-refractivity contribution is 5.83. The van der Waals surface area contributed by atoms with Crippen LogP contribution in [0.4, 0.5) is 0 Å². The Bertz CT molecular complexity index is 893. The van der Waals surface area contributed by atoms with E-state index in [2.05, 4.69) is 10.3 Å². The van der Waals surface area contributed by atoms with Crippen LogP contribution in [-0.2, 0) is 20.9 Å². The Labute approximate surface area is 163 Å². The molecule has 1 aliphatic heterocycles. The number of benzene rings is 1. The van der Waals surface area contributed by atoms with Gasteiger partial charge in [0.2, 0.25) is 11.8 Å². The van der Waals surface area contributed by atoms with Crippen LogP contribution in [0.3, 0.4) is 0 Å². The number of carbonyl (C=O) groups is 3. The molecule has 3 rings (SSSR count). The van der Waals surface area contributed by atoms with E-state index in [0.717, 1.165) is 16.5 Å². The first-order chi connectivity index (χ1) is 13.4. The average Bonchev–Trinajstić information content (AvgIpc) is 3.06. The highest BCUT2D eigenvalue weighted by Crippen LogP contribution is 2.30. The number of fused-ring (bicyclic) bond motifs is 1. The lowest BCUT2D eigenvalue weighted by Gasteiger charge is -2.29. The summed E-state index contributed by atoms with van der Waals surface area (Å²) in [5.74, 6) is -1.00. The summed E-state index contributed by atoms with van der Waals surface area (Å²) in [6.07, 6.45) is 3.74. The second-order valence-electron chi connectivity index (χ2n) is 7.46. The molecule has 1 unspecified atom stereocenters. The Morgan fingerprint density at radius 2 is 1.96 bits per heavy atom. The minimum atomic E-state index is -0.895. The Balaban J connectivity index is 1.63. The molecule has 0 radical (unpaired) electrons. The summed E-state index contributed by atoms with van der Waals surface area (Å²) in [6, 6.07) is 9.73. The van der Waals surface area contributed by atoms with E-state index in [-0.39, 0.29) is 24.7 Å². The van der Waals surface area contributed by atoms with Gasteiger partial charge in [-0.1, -0.05) is 18.2 Å². The summed E-state index contributed by atoms with van der Waals surface area (Å²) in [7, 11) is 1.76. The van der Waals surface area contributed by atoms with Gasteiger partial charge < -0.3 is 15.3 Å². The fourth-order valence-corrected chi connectivity index (χ4v) is 3.79. The van der Waals surface area contributed by atoms with Gasteiger partial charge in [0.25, 0.3) is 0 Å². The minimum absolute atomic E-state index is 0.0205. The maximum Gasteiger partial charge on any atom is 0.303 e. The molecular weight excluding hydrogens is 358 g/mol. The summed E-state index contributed by atoms with van der Waals surface area (Å²) in [5.41, 5.74) is 1.33. The topological polar surface area (TPSA) is 99.6 Å². The summed E-state index contributed by atoms with van der Waals surface area (Å²) < 4.78 is 0. The monoisotopic (exact) mass is 383 g/mol. The number of carbonyl (C=O) groups excluding carboxylic acids is 2. The van der Waals surface area contributed by atoms with E-state index in [0.29, 0.717) is 32.2 Å². The quantitative estimate of drug-likeness (QED) is 0.730. The van der Waals surface area contributed by atoms with Crippen molar-refractivity contribution in [3.8, 4) is 0 Å². The van der Waals surface area contributed by atoms with E-state index in [1.807, 2.05) is 30.3 Å². The van der Waals surface area contributed by atoms with Crippen molar-refractivity contribution in [2.75, 3.05) is 7.05 Å². The van der Waals surface area contributed by atoms with E-state index < -0.39 is 11.5 Å². The van der Waals surface area contributed by atoms with Crippen LogP contribution in [0.2, 0.25) is 0 Å². The molecule has 2 N–H and O–H groups in total. The van der Waals surface area contributed by atoms with E-state index in [9.17, 15) is 14.4 Å². The number of rotatable bonds is 8. The van der Waals surface area contributed by atoms with Crippen LogP contribution in [-0.4, -0.2) is 45.4 Å². The molecular formula is C21H25N3O4. The van der Waals surface area contributed by atoms with Crippen LogP contribution in [0, 0.1) is 0 Å². The van der Waals surface area contributed by atoms with Crippen LogP contribution in [0.25, 0.3) is 10.9 Å². The van der Waals surface area contributed by atoms with Gasteiger partial charge in [0.1, 0.15) is 0 Å². The van der Waals surface area contributed by atoms with Gasteiger partial charge >= 0.3 is 5.97 Å². The number of aliphatic carboxylic acids is 1. The molecule has 1 aromatic carbocycles. The zero-order valence-corrected chi connectivity index (χ0v) is 16.0. The molecule has 0 aliphatic carbocycles. The maximum atomic E-state index is 12.7. The SMILES string of the molecule is CN(Cc1ccnc2ccccc12)C(=O)CCC1(CCC(=O)O)CCC(=O)N1. The molecule has 28 heavy (non-hydrogen) atoms. The number of carboxylic acids is 1. The number of nitrogens with one attached hydrogen (secondary N) is 1. The first-order valence-corrected chi connectivity index (χ1v) is 9.48. The van der Waals surface area contributed by atoms with Gasteiger partial charge in [-0.15, -0.1) is 0 Å². The second-order valence-corrected chi connectivity index (χ2v) is 7.46. The Morgan fingerprint density at radius 3 is 2.68 bits per heavy atom. The fraction of sp³-hybridized carbons (Fsp3) is 0.429. The van der Waals surface area contributed by atoms with Crippen molar-refractivity contribution in [3.63, 3.8) is 0 Å². The normalized spacial score (nSPS) is 18.8. The lowest BCUT2D eigenvalue weighted by molar-refractivity contribution is -0.137. The molecule has 2 amide bonds. The third kappa shape index (κ3) is 4.65. The molecule has 2 aromatic rings. The first-order valence-electron chi connectivity index (χ1n) is 9.48. The Kier molecular flexibility index (Phi) is 5.92. The van der Waals surface area contributed by atoms with Crippen molar-refractivity contribution >= 4 is 28.7 Å². The van der Waals surface area contributed by atoms with Gasteiger partial charge in [-0.2, -0.15) is 0 Å².